The highest BCUT2D eigenvalue weighted by atomic mass is 16.5. The average Bonchev–Trinajstić information content (AvgIpc) is 2.61. The Kier molecular flexibility index (Phi) is 6.49. The van der Waals surface area contributed by atoms with E-state index in [-0.39, 0.29) is 12.5 Å². The lowest BCUT2D eigenvalue weighted by molar-refractivity contribution is -0.146. The number of carbonyl (C=O) groups is 3. The predicted molar refractivity (Wildman–Crippen MR) is 99.0 cm³/mol. The second-order valence-corrected chi connectivity index (χ2v) is 6.03. The molecule has 2 rings (SSSR count). The number of anilines is 1. The molecule has 0 bridgehead atoms. The maximum atomic E-state index is 12.0. The van der Waals surface area contributed by atoms with Crippen LogP contribution >= 0.6 is 0 Å². The molecule has 0 aliphatic rings. The van der Waals surface area contributed by atoms with E-state index in [9.17, 15) is 14.4 Å². The molecule has 6 nitrogen and oxygen atoms in total. The molecular formula is C20H22N2O4. The standard InChI is InChI=1S/C20H22N2O4/c1-13-9-14(2)19(15(3)10-13)22-17(23)12-26-18(24)11-21-20(25)16-7-5-4-6-8-16/h4-10H,11-12H2,1-3H3,(H,21,25)(H,22,23). The first kappa shape index (κ1) is 19.2. The fourth-order valence-corrected chi connectivity index (χ4v) is 2.59. The van der Waals surface area contributed by atoms with E-state index < -0.39 is 18.5 Å². The Balaban J connectivity index is 1.79. The van der Waals surface area contributed by atoms with E-state index in [0.717, 1.165) is 16.7 Å². The van der Waals surface area contributed by atoms with Crippen molar-refractivity contribution >= 4 is 23.5 Å². The molecule has 26 heavy (non-hydrogen) atoms. The lowest BCUT2D eigenvalue weighted by Crippen LogP contribution is -2.32. The lowest BCUT2D eigenvalue weighted by atomic mass is 10.1. The highest BCUT2D eigenvalue weighted by Crippen LogP contribution is 2.21. The minimum Gasteiger partial charge on any atom is -0.454 e. The molecule has 2 aromatic rings. The number of hydrogen-bond donors (Lipinski definition) is 2. The fourth-order valence-electron chi connectivity index (χ4n) is 2.59. The summed E-state index contributed by atoms with van der Waals surface area (Å²) in [4.78, 5) is 35.5. The molecule has 0 aromatic heterocycles. The normalized spacial score (nSPS) is 10.1. The number of nitrogens with one attached hydrogen (secondary N) is 2. The molecule has 0 atom stereocenters. The Bertz CT molecular complexity index is 793. The van der Waals surface area contributed by atoms with Gasteiger partial charge in [-0.25, -0.2) is 0 Å². The molecule has 0 saturated carbocycles. The van der Waals surface area contributed by atoms with Crippen molar-refractivity contribution in [1.82, 2.24) is 5.32 Å². The van der Waals surface area contributed by atoms with E-state index in [2.05, 4.69) is 10.6 Å². The first-order valence-corrected chi connectivity index (χ1v) is 8.23. The molecule has 2 aromatic carbocycles. The number of esters is 1. The Morgan fingerprint density at radius 3 is 2.19 bits per heavy atom. The molecule has 0 spiro atoms. The van der Waals surface area contributed by atoms with Crippen LogP contribution in [0.2, 0.25) is 0 Å². The number of ether oxygens (including phenoxy) is 1. The molecule has 0 fully saturated rings. The van der Waals surface area contributed by atoms with Crippen molar-refractivity contribution in [3.63, 3.8) is 0 Å². The molecule has 6 heteroatoms. The summed E-state index contributed by atoms with van der Waals surface area (Å²) in [6.45, 7) is 5.08. The Morgan fingerprint density at radius 1 is 0.962 bits per heavy atom. The first-order chi connectivity index (χ1) is 12.4. The largest absolute Gasteiger partial charge is 0.454 e. The molecule has 2 N–H and O–H groups in total. The summed E-state index contributed by atoms with van der Waals surface area (Å²) < 4.78 is 4.90. The van der Waals surface area contributed by atoms with Gasteiger partial charge >= 0.3 is 5.97 Å². The monoisotopic (exact) mass is 354 g/mol. The van der Waals surface area contributed by atoms with Crippen LogP contribution in [0.5, 0.6) is 0 Å². The number of amides is 2. The van der Waals surface area contributed by atoms with Gasteiger partial charge in [-0.2, -0.15) is 0 Å². The van der Waals surface area contributed by atoms with E-state index in [4.69, 9.17) is 4.74 Å². The highest BCUT2D eigenvalue weighted by molar-refractivity contribution is 5.97. The highest BCUT2D eigenvalue weighted by Gasteiger charge is 2.12. The molecule has 0 aliphatic heterocycles. The number of hydrogen-bond acceptors (Lipinski definition) is 4. The van der Waals surface area contributed by atoms with Gasteiger partial charge in [0.2, 0.25) is 0 Å². The summed E-state index contributed by atoms with van der Waals surface area (Å²) in [7, 11) is 0. The van der Waals surface area contributed by atoms with Crippen LogP contribution in [-0.4, -0.2) is 30.9 Å². The van der Waals surface area contributed by atoms with Crippen LogP contribution < -0.4 is 10.6 Å². The number of aryl methyl sites for hydroxylation is 3. The van der Waals surface area contributed by atoms with Gasteiger partial charge in [0, 0.05) is 11.3 Å². The molecule has 2 amide bonds. The van der Waals surface area contributed by atoms with Gasteiger partial charge < -0.3 is 15.4 Å². The minimum absolute atomic E-state index is 0.302. The van der Waals surface area contributed by atoms with Gasteiger partial charge in [-0.3, -0.25) is 14.4 Å². The maximum absolute atomic E-state index is 12.0. The van der Waals surface area contributed by atoms with Crippen molar-refractivity contribution in [1.29, 1.82) is 0 Å². The topological polar surface area (TPSA) is 84.5 Å². The summed E-state index contributed by atoms with van der Waals surface area (Å²) in [6, 6.07) is 12.5. The third kappa shape index (κ3) is 5.44. The first-order valence-electron chi connectivity index (χ1n) is 8.23. The van der Waals surface area contributed by atoms with Gasteiger partial charge in [0.25, 0.3) is 11.8 Å². The van der Waals surface area contributed by atoms with Crippen LogP contribution in [0.15, 0.2) is 42.5 Å². The maximum Gasteiger partial charge on any atom is 0.325 e. The summed E-state index contributed by atoms with van der Waals surface area (Å²) in [5.41, 5.74) is 4.16. The van der Waals surface area contributed by atoms with E-state index in [0.29, 0.717) is 11.3 Å². The van der Waals surface area contributed by atoms with E-state index in [1.165, 1.54) is 0 Å². The van der Waals surface area contributed by atoms with Crippen LogP contribution in [0.4, 0.5) is 5.69 Å². The van der Waals surface area contributed by atoms with Crippen LogP contribution in [0.25, 0.3) is 0 Å². The Morgan fingerprint density at radius 2 is 1.58 bits per heavy atom. The second-order valence-electron chi connectivity index (χ2n) is 6.03. The van der Waals surface area contributed by atoms with Crippen molar-refractivity contribution < 1.29 is 19.1 Å². The second kappa shape index (κ2) is 8.80. The van der Waals surface area contributed by atoms with Crippen molar-refractivity contribution in [2.24, 2.45) is 0 Å². The SMILES string of the molecule is Cc1cc(C)c(NC(=O)COC(=O)CNC(=O)c2ccccc2)c(C)c1. The number of rotatable bonds is 6. The van der Waals surface area contributed by atoms with E-state index >= 15 is 0 Å². The van der Waals surface area contributed by atoms with Gasteiger partial charge in [0.15, 0.2) is 6.61 Å². The van der Waals surface area contributed by atoms with E-state index in [1.54, 1.807) is 30.3 Å². The van der Waals surface area contributed by atoms with Crippen LogP contribution in [0.3, 0.4) is 0 Å². The van der Waals surface area contributed by atoms with Crippen molar-refractivity contribution in [3.05, 3.63) is 64.7 Å². The summed E-state index contributed by atoms with van der Waals surface area (Å²) in [5.74, 6) is -1.48. The predicted octanol–water partition coefficient (Wildman–Crippen LogP) is 2.52. The molecule has 0 heterocycles. The average molecular weight is 354 g/mol. The Hall–Kier alpha value is -3.15. The van der Waals surface area contributed by atoms with Crippen LogP contribution in [-0.2, 0) is 14.3 Å². The number of benzene rings is 2. The molecule has 136 valence electrons. The van der Waals surface area contributed by atoms with Crippen molar-refractivity contribution in [2.45, 2.75) is 20.8 Å². The molecular weight excluding hydrogens is 332 g/mol. The minimum atomic E-state index is -0.679. The number of carbonyl (C=O) groups excluding carboxylic acids is 3. The zero-order valence-electron chi connectivity index (χ0n) is 15.1. The quantitative estimate of drug-likeness (QED) is 0.781. The van der Waals surface area contributed by atoms with Gasteiger partial charge in [-0.1, -0.05) is 35.9 Å². The van der Waals surface area contributed by atoms with Gasteiger partial charge in [-0.05, 0) is 44.0 Å². The zero-order valence-corrected chi connectivity index (χ0v) is 15.1. The Labute approximate surface area is 152 Å². The summed E-state index contributed by atoms with van der Waals surface area (Å²) in [6.07, 6.45) is 0. The molecule has 0 saturated heterocycles. The van der Waals surface area contributed by atoms with Gasteiger partial charge in [0.05, 0.1) is 0 Å². The molecule has 0 aliphatic carbocycles. The fraction of sp³-hybridized carbons (Fsp3) is 0.250. The van der Waals surface area contributed by atoms with Gasteiger partial charge in [0.1, 0.15) is 6.54 Å². The third-order valence-electron chi connectivity index (χ3n) is 3.73. The van der Waals surface area contributed by atoms with Crippen molar-refractivity contribution in [2.75, 3.05) is 18.5 Å². The van der Waals surface area contributed by atoms with Crippen molar-refractivity contribution in [3.8, 4) is 0 Å². The summed E-state index contributed by atoms with van der Waals surface area (Å²) in [5, 5.41) is 5.20. The van der Waals surface area contributed by atoms with E-state index in [1.807, 2.05) is 32.9 Å². The third-order valence-corrected chi connectivity index (χ3v) is 3.73. The summed E-state index contributed by atoms with van der Waals surface area (Å²) >= 11 is 0. The van der Waals surface area contributed by atoms with Crippen LogP contribution in [0, 0.1) is 20.8 Å². The molecule has 0 radical (unpaired) electrons. The molecule has 0 unspecified atom stereocenters. The van der Waals surface area contributed by atoms with Gasteiger partial charge in [-0.15, -0.1) is 0 Å². The zero-order chi connectivity index (χ0) is 19.1. The van der Waals surface area contributed by atoms with Crippen LogP contribution in [0.1, 0.15) is 27.0 Å². The lowest BCUT2D eigenvalue weighted by Gasteiger charge is -2.13. The smallest absolute Gasteiger partial charge is 0.325 e.